The van der Waals surface area contributed by atoms with Gasteiger partial charge in [0.1, 0.15) is 11.3 Å². The zero-order chi connectivity index (χ0) is 22.8. The number of hydrogen-bond acceptors (Lipinski definition) is 5. The minimum atomic E-state index is -0.595. The summed E-state index contributed by atoms with van der Waals surface area (Å²) < 4.78 is 12.9. The van der Waals surface area contributed by atoms with Crippen molar-refractivity contribution in [2.45, 2.75) is 40.3 Å². The van der Waals surface area contributed by atoms with Gasteiger partial charge >= 0.3 is 5.63 Å². The van der Waals surface area contributed by atoms with E-state index in [1.165, 1.54) is 6.07 Å². The van der Waals surface area contributed by atoms with Crippen LogP contribution in [0.1, 0.15) is 41.2 Å². The van der Waals surface area contributed by atoms with Crippen molar-refractivity contribution >= 4 is 22.6 Å². The SMILES string of the molecule is Cc1cc(C)n(Cc2cccc(NC(=O)c3cc(=O)oc4cc(OC(C)C)ccc34)c2)n1. The van der Waals surface area contributed by atoms with Gasteiger partial charge in [-0.25, -0.2) is 4.79 Å². The predicted molar refractivity (Wildman–Crippen MR) is 123 cm³/mol. The van der Waals surface area contributed by atoms with Crippen LogP contribution in [-0.4, -0.2) is 21.8 Å². The molecule has 4 rings (SSSR count). The van der Waals surface area contributed by atoms with Crippen LogP contribution in [0.15, 0.2) is 63.8 Å². The number of carbonyl (C=O) groups excluding carboxylic acids is 1. The Bertz CT molecular complexity index is 1350. The molecule has 0 aliphatic carbocycles. The Kier molecular flexibility index (Phi) is 5.81. The molecule has 164 valence electrons. The van der Waals surface area contributed by atoms with Crippen LogP contribution in [0.2, 0.25) is 0 Å². The third-order valence-corrected chi connectivity index (χ3v) is 4.95. The molecule has 2 aromatic carbocycles. The number of amides is 1. The first kappa shape index (κ1) is 21.4. The highest BCUT2D eigenvalue weighted by Gasteiger charge is 2.15. The number of aromatic nitrogens is 2. The van der Waals surface area contributed by atoms with Gasteiger partial charge in [-0.3, -0.25) is 9.48 Å². The van der Waals surface area contributed by atoms with E-state index in [0.717, 1.165) is 17.0 Å². The van der Waals surface area contributed by atoms with Gasteiger partial charge in [-0.05, 0) is 63.6 Å². The van der Waals surface area contributed by atoms with E-state index >= 15 is 0 Å². The standard InChI is InChI=1S/C25H25N3O4/c1-15(2)31-20-8-9-21-22(13-24(29)32-23(21)12-20)25(30)26-19-7-5-6-18(11-19)14-28-17(4)10-16(3)27-28/h5-13,15H,14H2,1-4H3,(H,26,30). The van der Waals surface area contributed by atoms with Crippen molar-refractivity contribution in [2.24, 2.45) is 0 Å². The quantitative estimate of drug-likeness (QED) is 0.448. The van der Waals surface area contributed by atoms with Crippen LogP contribution in [0.5, 0.6) is 5.75 Å². The van der Waals surface area contributed by atoms with Crippen molar-refractivity contribution in [3.8, 4) is 5.75 Å². The van der Waals surface area contributed by atoms with Crippen LogP contribution in [-0.2, 0) is 6.54 Å². The molecule has 0 unspecified atom stereocenters. The number of rotatable bonds is 6. The van der Waals surface area contributed by atoms with Gasteiger partial charge in [0.25, 0.3) is 5.91 Å². The number of nitrogens with zero attached hydrogens (tertiary/aromatic N) is 2. The summed E-state index contributed by atoms with van der Waals surface area (Å²) in [5.74, 6) is 0.189. The number of carbonyl (C=O) groups is 1. The number of anilines is 1. The van der Waals surface area contributed by atoms with E-state index in [4.69, 9.17) is 9.15 Å². The largest absolute Gasteiger partial charge is 0.491 e. The van der Waals surface area contributed by atoms with Crippen molar-refractivity contribution in [3.63, 3.8) is 0 Å². The van der Waals surface area contributed by atoms with Crippen molar-refractivity contribution in [2.75, 3.05) is 5.32 Å². The smallest absolute Gasteiger partial charge is 0.337 e. The zero-order valence-electron chi connectivity index (χ0n) is 18.5. The van der Waals surface area contributed by atoms with Crippen molar-refractivity contribution < 1.29 is 13.9 Å². The topological polar surface area (TPSA) is 86.4 Å². The maximum Gasteiger partial charge on any atom is 0.337 e. The Labute approximate surface area is 185 Å². The van der Waals surface area contributed by atoms with E-state index < -0.39 is 5.63 Å². The molecule has 0 fully saturated rings. The van der Waals surface area contributed by atoms with Gasteiger partial charge in [0.2, 0.25) is 0 Å². The second-order valence-corrected chi connectivity index (χ2v) is 8.04. The van der Waals surface area contributed by atoms with Gasteiger partial charge in [0.15, 0.2) is 0 Å². The van der Waals surface area contributed by atoms with Crippen molar-refractivity contribution in [1.29, 1.82) is 0 Å². The van der Waals surface area contributed by atoms with E-state index in [1.54, 1.807) is 18.2 Å². The molecule has 0 saturated carbocycles. The number of nitrogens with one attached hydrogen (secondary N) is 1. The maximum absolute atomic E-state index is 13.0. The van der Waals surface area contributed by atoms with E-state index in [1.807, 2.05) is 62.7 Å². The normalized spacial score (nSPS) is 11.2. The Morgan fingerprint density at radius 1 is 1.12 bits per heavy atom. The van der Waals surface area contributed by atoms with Crippen LogP contribution in [0.25, 0.3) is 11.0 Å². The first-order valence-corrected chi connectivity index (χ1v) is 10.4. The van der Waals surface area contributed by atoms with Gasteiger partial charge in [-0.1, -0.05) is 12.1 Å². The summed E-state index contributed by atoms with van der Waals surface area (Å²) in [6.45, 7) is 8.38. The third-order valence-electron chi connectivity index (χ3n) is 4.95. The molecule has 0 radical (unpaired) electrons. The van der Waals surface area contributed by atoms with Gasteiger partial charge in [-0.15, -0.1) is 0 Å². The van der Waals surface area contributed by atoms with Crippen LogP contribution >= 0.6 is 0 Å². The van der Waals surface area contributed by atoms with Gasteiger partial charge in [0.05, 0.1) is 23.9 Å². The average Bonchev–Trinajstić information content (AvgIpc) is 3.03. The molecule has 32 heavy (non-hydrogen) atoms. The number of fused-ring (bicyclic) bond motifs is 1. The highest BCUT2D eigenvalue weighted by molar-refractivity contribution is 6.12. The molecule has 0 saturated heterocycles. The van der Waals surface area contributed by atoms with Crippen LogP contribution < -0.4 is 15.7 Å². The average molecular weight is 431 g/mol. The molecule has 1 amide bonds. The summed E-state index contributed by atoms with van der Waals surface area (Å²) >= 11 is 0. The minimum Gasteiger partial charge on any atom is -0.491 e. The van der Waals surface area contributed by atoms with Crippen LogP contribution in [0.3, 0.4) is 0 Å². The number of benzene rings is 2. The molecule has 7 nitrogen and oxygen atoms in total. The van der Waals surface area contributed by atoms with Gasteiger partial charge in [0, 0.05) is 28.9 Å². The fourth-order valence-electron chi connectivity index (χ4n) is 3.63. The Hall–Kier alpha value is -3.87. The monoisotopic (exact) mass is 431 g/mol. The van der Waals surface area contributed by atoms with E-state index in [-0.39, 0.29) is 17.6 Å². The summed E-state index contributed by atoms with van der Waals surface area (Å²) in [7, 11) is 0. The summed E-state index contributed by atoms with van der Waals surface area (Å²) in [5, 5.41) is 7.92. The van der Waals surface area contributed by atoms with Crippen molar-refractivity contribution in [1.82, 2.24) is 9.78 Å². The maximum atomic E-state index is 13.0. The van der Waals surface area contributed by atoms with Crippen molar-refractivity contribution in [3.05, 3.63) is 87.5 Å². The lowest BCUT2D eigenvalue weighted by atomic mass is 10.1. The molecule has 2 aromatic heterocycles. The Balaban J connectivity index is 1.60. The summed E-state index contributed by atoms with van der Waals surface area (Å²) in [5.41, 5.74) is 3.62. The molecule has 0 bridgehead atoms. The lowest BCUT2D eigenvalue weighted by molar-refractivity contribution is 0.102. The second kappa shape index (κ2) is 8.70. The molecule has 0 atom stereocenters. The third kappa shape index (κ3) is 4.72. The van der Waals surface area contributed by atoms with E-state index in [2.05, 4.69) is 10.4 Å². The van der Waals surface area contributed by atoms with Gasteiger partial charge in [-0.2, -0.15) is 5.10 Å². The lowest BCUT2D eigenvalue weighted by Gasteiger charge is -2.12. The number of hydrogen-bond donors (Lipinski definition) is 1. The van der Waals surface area contributed by atoms with Gasteiger partial charge < -0.3 is 14.5 Å². The summed E-state index contributed by atoms with van der Waals surface area (Å²) in [4.78, 5) is 25.1. The highest BCUT2D eigenvalue weighted by Crippen LogP contribution is 2.24. The first-order chi connectivity index (χ1) is 15.3. The fraction of sp³-hybridized carbons (Fsp3) is 0.240. The molecular formula is C25H25N3O4. The molecule has 0 spiro atoms. The van der Waals surface area contributed by atoms with Crippen LogP contribution in [0, 0.1) is 13.8 Å². The minimum absolute atomic E-state index is 0.0210. The molecular weight excluding hydrogens is 406 g/mol. The number of ether oxygens (including phenoxy) is 1. The predicted octanol–water partition coefficient (Wildman–Crippen LogP) is 4.69. The summed E-state index contributed by atoms with van der Waals surface area (Å²) in [6.07, 6.45) is -0.0210. The van der Waals surface area contributed by atoms with E-state index in [0.29, 0.717) is 29.0 Å². The Morgan fingerprint density at radius 2 is 1.94 bits per heavy atom. The molecule has 4 aromatic rings. The lowest BCUT2D eigenvalue weighted by Crippen LogP contribution is -2.15. The van der Waals surface area contributed by atoms with Crippen LogP contribution in [0.4, 0.5) is 5.69 Å². The molecule has 0 aliphatic rings. The van der Waals surface area contributed by atoms with E-state index in [9.17, 15) is 9.59 Å². The molecule has 7 heteroatoms. The second-order valence-electron chi connectivity index (χ2n) is 8.04. The molecule has 0 aliphatic heterocycles. The highest BCUT2D eigenvalue weighted by atomic mass is 16.5. The number of aryl methyl sites for hydroxylation is 2. The molecule has 2 heterocycles. The zero-order valence-corrected chi connectivity index (χ0v) is 18.5. The fourth-order valence-corrected chi connectivity index (χ4v) is 3.63. The summed E-state index contributed by atoms with van der Waals surface area (Å²) in [6, 6.07) is 15.9. The Morgan fingerprint density at radius 3 is 2.66 bits per heavy atom. The molecule has 1 N–H and O–H groups in total. The first-order valence-electron chi connectivity index (χ1n) is 10.4.